The smallest absolute Gasteiger partial charge is 0.238 e. The predicted molar refractivity (Wildman–Crippen MR) is 129 cm³/mol. The van der Waals surface area contributed by atoms with Gasteiger partial charge in [0.2, 0.25) is 5.91 Å². The standard InChI is InChI=1S/C27H28N4O2/c28-19-22-7-9-23(10-8-22)20-30-15-4-16-31(18-17-30)21-27(32)29-24-11-13-26(14-12-24)33-25-5-2-1-3-6-25/h1-3,5-14H,4,15-18,20-21H2,(H,29,32). The van der Waals surface area contributed by atoms with Gasteiger partial charge in [0.05, 0.1) is 18.2 Å². The van der Waals surface area contributed by atoms with E-state index in [1.54, 1.807) is 0 Å². The van der Waals surface area contributed by atoms with Crippen LogP contribution in [-0.4, -0.2) is 48.4 Å². The number of nitrogens with zero attached hydrogens (tertiary/aromatic N) is 3. The normalized spacial score (nSPS) is 14.8. The Kier molecular flexibility index (Phi) is 7.70. The van der Waals surface area contributed by atoms with Crippen LogP contribution in [-0.2, 0) is 11.3 Å². The highest BCUT2D eigenvalue weighted by Gasteiger charge is 2.17. The fourth-order valence-corrected chi connectivity index (χ4v) is 3.92. The van der Waals surface area contributed by atoms with Crippen molar-refractivity contribution in [1.29, 1.82) is 5.26 Å². The van der Waals surface area contributed by atoms with E-state index in [9.17, 15) is 4.79 Å². The SMILES string of the molecule is N#Cc1ccc(CN2CCCN(CC(=O)Nc3ccc(Oc4ccccc4)cc3)CC2)cc1. The van der Waals surface area contributed by atoms with Crippen LogP contribution in [0.25, 0.3) is 0 Å². The molecule has 0 radical (unpaired) electrons. The van der Waals surface area contributed by atoms with E-state index in [1.165, 1.54) is 5.56 Å². The summed E-state index contributed by atoms with van der Waals surface area (Å²) in [5.74, 6) is 1.50. The molecule has 1 aliphatic rings. The zero-order valence-electron chi connectivity index (χ0n) is 18.6. The van der Waals surface area contributed by atoms with Gasteiger partial charge in [0.15, 0.2) is 0 Å². The van der Waals surface area contributed by atoms with Crippen LogP contribution < -0.4 is 10.1 Å². The number of benzene rings is 3. The molecule has 1 amide bonds. The highest BCUT2D eigenvalue weighted by Crippen LogP contribution is 2.22. The van der Waals surface area contributed by atoms with E-state index >= 15 is 0 Å². The molecule has 0 aromatic heterocycles. The molecule has 1 saturated heterocycles. The minimum atomic E-state index is -0.00716. The lowest BCUT2D eigenvalue weighted by molar-refractivity contribution is -0.117. The monoisotopic (exact) mass is 440 g/mol. The van der Waals surface area contributed by atoms with Crippen molar-refractivity contribution >= 4 is 11.6 Å². The Bertz CT molecular complexity index is 1080. The average Bonchev–Trinajstić information content (AvgIpc) is 3.06. The number of para-hydroxylation sites is 1. The van der Waals surface area contributed by atoms with E-state index in [0.29, 0.717) is 12.1 Å². The van der Waals surface area contributed by atoms with Crippen LogP contribution in [0.3, 0.4) is 0 Å². The number of amides is 1. The van der Waals surface area contributed by atoms with Crippen molar-refractivity contribution in [2.45, 2.75) is 13.0 Å². The largest absolute Gasteiger partial charge is 0.457 e. The molecule has 0 saturated carbocycles. The van der Waals surface area contributed by atoms with Crippen LogP contribution >= 0.6 is 0 Å². The van der Waals surface area contributed by atoms with Crippen LogP contribution in [0.1, 0.15) is 17.5 Å². The lowest BCUT2D eigenvalue weighted by Gasteiger charge is -2.21. The third kappa shape index (κ3) is 6.91. The van der Waals surface area contributed by atoms with Gasteiger partial charge in [-0.1, -0.05) is 30.3 Å². The molecule has 168 valence electrons. The third-order valence-corrected chi connectivity index (χ3v) is 5.65. The van der Waals surface area contributed by atoms with Gasteiger partial charge in [-0.2, -0.15) is 5.26 Å². The van der Waals surface area contributed by atoms with Gasteiger partial charge in [-0.05, 0) is 73.6 Å². The quantitative estimate of drug-likeness (QED) is 0.586. The molecule has 4 rings (SSSR count). The van der Waals surface area contributed by atoms with Crippen molar-refractivity contribution in [3.63, 3.8) is 0 Å². The van der Waals surface area contributed by atoms with Crippen LogP contribution in [0.15, 0.2) is 78.9 Å². The van der Waals surface area contributed by atoms with Gasteiger partial charge in [0, 0.05) is 25.3 Å². The zero-order valence-corrected chi connectivity index (χ0v) is 18.6. The number of ether oxygens (including phenoxy) is 1. The number of anilines is 1. The number of hydrogen-bond acceptors (Lipinski definition) is 5. The number of carbonyl (C=O) groups is 1. The Labute approximate surface area is 195 Å². The maximum absolute atomic E-state index is 12.6. The molecule has 0 aliphatic carbocycles. The number of nitriles is 1. The summed E-state index contributed by atoms with van der Waals surface area (Å²) in [6.07, 6.45) is 1.02. The lowest BCUT2D eigenvalue weighted by atomic mass is 10.1. The number of rotatable bonds is 7. The van der Waals surface area contributed by atoms with Crippen LogP contribution in [0.2, 0.25) is 0 Å². The number of nitrogens with one attached hydrogen (secondary N) is 1. The van der Waals surface area contributed by atoms with Gasteiger partial charge in [-0.25, -0.2) is 0 Å². The Morgan fingerprint density at radius 1 is 0.848 bits per heavy atom. The molecule has 0 atom stereocenters. The lowest BCUT2D eigenvalue weighted by Crippen LogP contribution is -2.36. The van der Waals surface area contributed by atoms with Crippen molar-refractivity contribution in [2.75, 3.05) is 38.0 Å². The summed E-state index contributed by atoms with van der Waals surface area (Å²) in [5.41, 5.74) is 2.66. The van der Waals surface area contributed by atoms with Gasteiger partial charge in [0.25, 0.3) is 0 Å². The fraction of sp³-hybridized carbons (Fsp3) is 0.259. The second-order valence-corrected chi connectivity index (χ2v) is 8.20. The van der Waals surface area contributed by atoms with E-state index in [-0.39, 0.29) is 5.91 Å². The highest BCUT2D eigenvalue weighted by atomic mass is 16.5. The zero-order chi connectivity index (χ0) is 22.9. The van der Waals surface area contributed by atoms with Crippen molar-refractivity contribution < 1.29 is 9.53 Å². The second kappa shape index (κ2) is 11.3. The first-order valence-electron chi connectivity index (χ1n) is 11.2. The Hall–Kier alpha value is -3.66. The van der Waals surface area contributed by atoms with Gasteiger partial charge in [-0.3, -0.25) is 14.6 Å². The molecule has 0 bridgehead atoms. The molecule has 1 heterocycles. The molecule has 6 heteroatoms. The predicted octanol–water partition coefficient (Wildman–Crippen LogP) is 4.50. The molecule has 6 nitrogen and oxygen atoms in total. The summed E-state index contributed by atoms with van der Waals surface area (Å²) in [5, 5.41) is 11.9. The summed E-state index contributed by atoms with van der Waals surface area (Å²) in [4.78, 5) is 17.2. The van der Waals surface area contributed by atoms with Gasteiger partial charge in [0.1, 0.15) is 11.5 Å². The first kappa shape index (κ1) is 22.5. The molecule has 3 aromatic carbocycles. The summed E-state index contributed by atoms with van der Waals surface area (Å²) >= 11 is 0. The van der Waals surface area contributed by atoms with Gasteiger partial charge >= 0.3 is 0 Å². The minimum absolute atomic E-state index is 0.00716. The van der Waals surface area contributed by atoms with Crippen molar-refractivity contribution in [2.24, 2.45) is 0 Å². The van der Waals surface area contributed by atoms with Gasteiger partial charge in [-0.15, -0.1) is 0 Å². The highest BCUT2D eigenvalue weighted by molar-refractivity contribution is 5.92. The summed E-state index contributed by atoms with van der Waals surface area (Å²) in [7, 11) is 0. The summed E-state index contributed by atoms with van der Waals surface area (Å²) < 4.78 is 5.80. The van der Waals surface area contributed by atoms with Crippen LogP contribution in [0, 0.1) is 11.3 Å². The molecule has 0 unspecified atom stereocenters. The first-order valence-corrected chi connectivity index (χ1v) is 11.2. The average molecular weight is 441 g/mol. The molecular formula is C27H28N4O2. The van der Waals surface area contributed by atoms with E-state index in [0.717, 1.165) is 56.3 Å². The summed E-state index contributed by atoms with van der Waals surface area (Å²) in [6.45, 7) is 4.92. The van der Waals surface area contributed by atoms with Crippen molar-refractivity contribution in [3.05, 3.63) is 90.0 Å². The van der Waals surface area contributed by atoms with Gasteiger partial charge < -0.3 is 10.1 Å². The maximum atomic E-state index is 12.6. The second-order valence-electron chi connectivity index (χ2n) is 8.20. The number of hydrogen-bond donors (Lipinski definition) is 1. The molecule has 0 spiro atoms. The molecule has 33 heavy (non-hydrogen) atoms. The van der Waals surface area contributed by atoms with Crippen molar-refractivity contribution in [1.82, 2.24) is 9.80 Å². The van der Waals surface area contributed by atoms with Crippen molar-refractivity contribution in [3.8, 4) is 17.6 Å². The minimum Gasteiger partial charge on any atom is -0.457 e. The molecule has 3 aromatic rings. The van der Waals surface area contributed by atoms with E-state index in [1.807, 2.05) is 78.9 Å². The molecular weight excluding hydrogens is 412 g/mol. The molecule has 1 N–H and O–H groups in total. The maximum Gasteiger partial charge on any atom is 0.238 e. The molecule has 1 fully saturated rings. The summed E-state index contributed by atoms with van der Waals surface area (Å²) in [6, 6.07) is 27.0. The van der Waals surface area contributed by atoms with Crippen LogP contribution in [0.4, 0.5) is 5.69 Å². The molecule has 1 aliphatic heterocycles. The Morgan fingerprint density at radius 3 is 2.24 bits per heavy atom. The van der Waals surface area contributed by atoms with E-state index in [4.69, 9.17) is 10.00 Å². The number of carbonyl (C=O) groups excluding carboxylic acids is 1. The Balaban J connectivity index is 1.22. The van der Waals surface area contributed by atoms with Crippen LogP contribution in [0.5, 0.6) is 11.5 Å². The van der Waals surface area contributed by atoms with E-state index in [2.05, 4.69) is 21.2 Å². The van der Waals surface area contributed by atoms with E-state index < -0.39 is 0 Å². The topological polar surface area (TPSA) is 68.6 Å². The fourth-order valence-electron chi connectivity index (χ4n) is 3.92. The Morgan fingerprint density at radius 2 is 1.52 bits per heavy atom. The first-order chi connectivity index (χ1) is 16.2. The third-order valence-electron chi connectivity index (χ3n) is 5.65.